The molecule has 0 saturated carbocycles. The van der Waals surface area contributed by atoms with Gasteiger partial charge in [0.15, 0.2) is 0 Å². The van der Waals surface area contributed by atoms with E-state index < -0.39 is 0 Å². The van der Waals surface area contributed by atoms with Gasteiger partial charge in [-0.3, -0.25) is 9.69 Å². The molecule has 1 heterocycles. The third kappa shape index (κ3) is 5.56. The van der Waals surface area contributed by atoms with E-state index in [-0.39, 0.29) is 11.9 Å². The zero-order valence-corrected chi connectivity index (χ0v) is 15.4. The van der Waals surface area contributed by atoms with Crippen LogP contribution in [-0.4, -0.2) is 43.7 Å². The summed E-state index contributed by atoms with van der Waals surface area (Å²) in [6.45, 7) is 12.9. The monoisotopic (exact) mass is 360 g/mol. The number of hydrogen-bond acceptors (Lipinski definition) is 3. The number of halogens is 1. The van der Waals surface area contributed by atoms with Gasteiger partial charge in [-0.1, -0.05) is 43.0 Å². The van der Waals surface area contributed by atoms with Crippen molar-refractivity contribution in [3.05, 3.63) is 71.3 Å². The fraction of sp³-hybridized carbons (Fsp3) is 0.350. The average molecular weight is 361 g/mol. The zero-order valence-electron chi connectivity index (χ0n) is 14.6. The number of nitrogens with zero attached hydrogens (tertiary/aromatic N) is 1. The molecule has 0 spiro atoms. The van der Waals surface area contributed by atoms with E-state index in [9.17, 15) is 4.79 Å². The molecule has 134 valence electrons. The van der Waals surface area contributed by atoms with Gasteiger partial charge in [-0.15, -0.1) is 0 Å². The lowest BCUT2D eigenvalue weighted by atomic mass is 10.0. The standard InChI is InChI=1S/C20H25ClN2O2/c1-4-5-18(15(2)3)20(24)22-14-19(23-10-12-25-13-11-23)16-6-8-17(21)9-7-16/h4-9,19H,1-2,10-14H2,3H3,(H,22,24)/b18-5+. The van der Waals surface area contributed by atoms with Crippen LogP contribution in [0.1, 0.15) is 18.5 Å². The molecule has 1 aliphatic heterocycles. The Morgan fingerprint density at radius 1 is 1.36 bits per heavy atom. The Morgan fingerprint density at radius 3 is 2.56 bits per heavy atom. The Balaban J connectivity index is 2.14. The maximum absolute atomic E-state index is 12.5. The van der Waals surface area contributed by atoms with Gasteiger partial charge < -0.3 is 10.1 Å². The van der Waals surface area contributed by atoms with Crippen LogP contribution in [0, 0.1) is 0 Å². The van der Waals surface area contributed by atoms with Gasteiger partial charge in [0.1, 0.15) is 0 Å². The van der Waals surface area contributed by atoms with Gasteiger partial charge in [0.2, 0.25) is 0 Å². The third-order valence-corrected chi connectivity index (χ3v) is 4.44. The Labute approximate surface area is 154 Å². The van der Waals surface area contributed by atoms with Gasteiger partial charge in [0.25, 0.3) is 5.91 Å². The highest BCUT2D eigenvalue weighted by atomic mass is 35.5. The van der Waals surface area contributed by atoms with E-state index in [0.717, 1.165) is 18.7 Å². The molecule has 0 aliphatic carbocycles. The fourth-order valence-corrected chi connectivity index (χ4v) is 2.97. The lowest BCUT2D eigenvalue weighted by Crippen LogP contribution is -2.44. The molecule has 2 rings (SSSR count). The largest absolute Gasteiger partial charge is 0.379 e. The minimum absolute atomic E-state index is 0.0696. The van der Waals surface area contributed by atoms with E-state index in [2.05, 4.69) is 23.4 Å². The number of rotatable bonds is 7. The predicted octanol–water partition coefficient (Wildman–Crippen LogP) is 3.52. The second kappa shape index (κ2) is 9.56. The molecule has 1 amide bonds. The molecule has 1 N–H and O–H groups in total. The van der Waals surface area contributed by atoms with Crippen LogP contribution in [0.3, 0.4) is 0 Å². The molecule has 1 unspecified atom stereocenters. The summed E-state index contributed by atoms with van der Waals surface area (Å²) in [4.78, 5) is 14.8. The van der Waals surface area contributed by atoms with Crippen molar-refractivity contribution in [1.29, 1.82) is 0 Å². The van der Waals surface area contributed by atoms with Crippen molar-refractivity contribution in [2.45, 2.75) is 13.0 Å². The topological polar surface area (TPSA) is 41.6 Å². The van der Waals surface area contributed by atoms with Crippen LogP contribution in [0.5, 0.6) is 0 Å². The number of carbonyl (C=O) groups excluding carboxylic acids is 1. The highest BCUT2D eigenvalue weighted by Gasteiger charge is 2.23. The van der Waals surface area contributed by atoms with Gasteiger partial charge in [-0.25, -0.2) is 0 Å². The maximum Gasteiger partial charge on any atom is 0.251 e. The normalized spacial score (nSPS) is 17.0. The van der Waals surface area contributed by atoms with Crippen LogP contribution >= 0.6 is 11.6 Å². The highest BCUT2D eigenvalue weighted by Crippen LogP contribution is 2.23. The van der Waals surface area contributed by atoms with Crippen LogP contribution in [0.4, 0.5) is 0 Å². The SMILES string of the molecule is C=C/C=C(\C(=C)C)C(=O)NCC(c1ccc(Cl)cc1)N1CCOCC1. The summed E-state index contributed by atoms with van der Waals surface area (Å²) in [7, 11) is 0. The quantitative estimate of drug-likeness (QED) is 0.597. The first kappa shape index (κ1) is 19.4. The van der Waals surface area contributed by atoms with E-state index in [1.54, 1.807) is 12.2 Å². The Bertz CT molecular complexity index is 646. The van der Waals surface area contributed by atoms with E-state index in [4.69, 9.17) is 16.3 Å². The van der Waals surface area contributed by atoms with E-state index in [1.165, 1.54) is 0 Å². The third-order valence-electron chi connectivity index (χ3n) is 4.19. The molecule has 1 aromatic rings. The molecule has 1 saturated heterocycles. The highest BCUT2D eigenvalue weighted by molar-refractivity contribution is 6.30. The molecule has 0 bridgehead atoms. The summed E-state index contributed by atoms with van der Waals surface area (Å²) in [5, 5.41) is 3.73. The van der Waals surface area contributed by atoms with Gasteiger partial charge in [0.05, 0.1) is 19.3 Å². The van der Waals surface area contributed by atoms with Crippen LogP contribution in [-0.2, 0) is 9.53 Å². The molecular formula is C20H25ClN2O2. The number of nitrogens with one attached hydrogen (secondary N) is 1. The summed E-state index contributed by atoms with van der Waals surface area (Å²) in [6, 6.07) is 7.84. The van der Waals surface area contributed by atoms with Gasteiger partial charge in [-0.05, 0) is 36.3 Å². The molecular weight excluding hydrogens is 336 g/mol. The van der Waals surface area contributed by atoms with Crippen molar-refractivity contribution in [2.24, 2.45) is 0 Å². The van der Waals surface area contributed by atoms with Crippen molar-refractivity contribution in [3.63, 3.8) is 0 Å². The molecule has 1 aromatic carbocycles. The van der Waals surface area contributed by atoms with Crippen molar-refractivity contribution in [3.8, 4) is 0 Å². The Hall–Kier alpha value is -1.88. The van der Waals surface area contributed by atoms with Crippen molar-refractivity contribution < 1.29 is 9.53 Å². The molecule has 1 fully saturated rings. The molecule has 0 aromatic heterocycles. The maximum atomic E-state index is 12.5. The second-order valence-electron chi connectivity index (χ2n) is 6.02. The summed E-state index contributed by atoms with van der Waals surface area (Å²) in [5.74, 6) is -0.139. The number of amides is 1. The lowest BCUT2D eigenvalue weighted by molar-refractivity contribution is -0.117. The fourth-order valence-electron chi connectivity index (χ4n) is 2.85. The van der Waals surface area contributed by atoms with Crippen LogP contribution < -0.4 is 5.32 Å². The van der Waals surface area contributed by atoms with Gasteiger partial charge in [0, 0.05) is 30.2 Å². The molecule has 5 heteroatoms. The lowest BCUT2D eigenvalue weighted by Gasteiger charge is -2.35. The van der Waals surface area contributed by atoms with E-state index >= 15 is 0 Å². The Morgan fingerprint density at radius 2 is 2.00 bits per heavy atom. The second-order valence-corrected chi connectivity index (χ2v) is 6.46. The van der Waals surface area contributed by atoms with Crippen LogP contribution in [0.2, 0.25) is 5.02 Å². The smallest absolute Gasteiger partial charge is 0.251 e. The summed E-state index contributed by atoms with van der Waals surface area (Å²) < 4.78 is 5.45. The number of benzene rings is 1. The molecule has 1 aliphatic rings. The molecule has 0 radical (unpaired) electrons. The van der Waals surface area contributed by atoms with Crippen LogP contribution in [0.15, 0.2) is 60.7 Å². The molecule has 25 heavy (non-hydrogen) atoms. The summed E-state index contributed by atoms with van der Waals surface area (Å²) >= 11 is 6.01. The number of carbonyl (C=O) groups is 1. The number of hydrogen-bond donors (Lipinski definition) is 1. The molecule has 1 atom stereocenters. The molecule has 4 nitrogen and oxygen atoms in total. The van der Waals surface area contributed by atoms with E-state index in [0.29, 0.717) is 35.9 Å². The van der Waals surface area contributed by atoms with Gasteiger partial charge >= 0.3 is 0 Å². The number of ether oxygens (including phenoxy) is 1. The minimum Gasteiger partial charge on any atom is -0.379 e. The van der Waals surface area contributed by atoms with Gasteiger partial charge in [-0.2, -0.15) is 0 Å². The van der Waals surface area contributed by atoms with E-state index in [1.807, 2.05) is 31.2 Å². The van der Waals surface area contributed by atoms with Crippen molar-refractivity contribution >= 4 is 17.5 Å². The van der Waals surface area contributed by atoms with Crippen LogP contribution in [0.25, 0.3) is 0 Å². The first-order chi connectivity index (χ1) is 12.0. The number of allylic oxidation sites excluding steroid dienone is 2. The summed E-state index contributed by atoms with van der Waals surface area (Å²) in [5.41, 5.74) is 2.38. The minimum atomic E-state index is -0.139. The average Bonchev–Trinajstić information content (AvgIpc) is 2.61. The zero-order chi connectivity index (χ0) is 18.2. The summed E-state index contributed by atoms with van der Waals surface area (Å²) in [6.07, 6.45) is 3.28. The number of morpholine rings is 1. The Kier molecular flexibility index (Phi) is 7.44. The van der Waals surface area contributed by atoms with Crippen molar-refractivity contribution in [1.82, 2.24) is 10.2 Å². The predicted molar refractivity (Wildman–Crippen MR) is 103 cm³/mol. The first-order valence-corrected chi connectivity index (χ1v) is 8.74. The first-order valence-electron chi connectivity index (χ1n) is 8.37. The van der Waals surface area contributed by atoms with Crippen molar-refractivity contribution in [2.75, 3.05) is 32.8 Å².